The molecule has 172 valence electrons. The van der Waals surface area contributed by atoms with Crippen molar-refractivity contribution in [2.45, 2.75) is 39.3 Å². The number of nitrogens with zero attached hydrogens (tertiary/aromatic N) is 1. The van der Waals surface area contributed by atoms with Crippen LogP contribution in [0, 0.1) is 11.8 Å². The minimum atomic E-state index is -0.722. The van der Waals surface area contributed by atoms with Gasteiger partial charge >= 0.3 is 0 Å². The van der Waals surface area contributed by atoms with Crippen LogP contribution in [0.2, 0.25) is 0 Å². The van der Waals surface area contributed by atoms with E-state index in [0.717, 1.165) is 0 Å². The predicted octanol–water partition coefficient (Wildman–Crippen LogP) is 2.60. The number of amides is 3. The van der Waals surface area contributed by atoms with Crippen molar-refractivity contribution in [3.05, 3.63) is 54.0 Å². The Morgan fingerprint density at radius 1 is 1.16 bits per heavy atom. The molecule has 0 bridgehead atoms. The van der Waals surface area contributed by atoms with Crippen molar-refractivity contribution in [2.24, 2.45) is 11.8 Å². The Morgan fingerprint density at radius 3 is 2.53 bits per heavy atom. The first kappa shape index (κ1) is 23.4. The van der Waals surface area contributed by atoms with Gasteiger partial charge in [-0.2, -0.15) is 0 Å². The predicted molar refractivity (Wildman–Crippen MR) is 119 cm³/mol. The Balaban J connectivity index is 1.71. The number of furan rings is 1. The van der Waals surface area contributed by atoms with Crippen LogP contribution in [-0.4, -0.2) is 48.9 Å². The zero-order valence-corrected chi connectivity index (χ0v) is 18.8. The van der Waals surface area contributed by atoms with Crippen LogP contribution >= 0.6 is 0 Å². The van der Waals surface area contributed by atoms with Gasteiger partial charge in [0, 0.05) is 24.6 Å². The lowest BCUT2D eigenvalue weighted by Gasteiger charge is -2.36. The number of carbonyl (C=O) groups is 3. The highest BCUT2D eigenvalue weighted by molar-refractivity contribution is 5.98. The number of hydrogen-bond donors (Lipinski definition) is 2. The van der Waals surface area contributed by atoms with Crippen molar-refractivity contribution in [3.63, 3.8) is 0 Å². The second kappa shape index (κ2) is 10.8. The van der Waals surface area contributed by atoms with Crippen LogP contribution in [0.4, 0.5) is 0 Å². The maximum Gasteiger partial charge on any atom is 0.252 e. The van der Waals surface area contributed by atoms with E-state index >= 15 is 0 Å². The lowest BCUT2D eigenvalue weighted by atomic mass is 9.88. The molecule has 1 aliphatic heterocycles. The van der Waals surface area contributed by atoms with E-state index in [0.29, 0.717) is 43.0 Å². The summed E-state index contributed by atoms with van der Waals surface area (Å²) >= 11 is 0. The number of methoxy groups -OCH3 is 1. The summed E-state index contributed by atoms with van der Waals surface area (Å²) in [5.74, 6) is 0.548. The maximum atomic E-state index is 13.1. The van der Waals surface area contributed by atoms with Crippen LogP contribution in [0.1, 0.15) is 42.8 Å². The molecule has 8 heteroatoms. The molecular weight excluding hydrogens is 410 g/mol. The number of rotatable bonds is 8. The van der Waals surface area contributed by atoms with Crippen molar-refractivity contribution in [1.82, 2.24) is 15.5 Å². The topological polar surface area (TPSA) is 101 Å². The lowest BCUT2D eigenvalue weighted by molar-refractivity contribution is -0.136. The number of carbonyl (C=O) groups excluding carboxylic acids is 3. The smallest absolute Gasteiger partial charge is 0.252 e. The molecular formula is C24H31N3O5. The fraction of sp³-hybridized carbons (Fsp3) is 0.458. The standard InChI is InChI=1S/C24H31N3O5/c1-16(2)24(30)27-11-9-17(10-12-27)21(23(29)25-15-20-8-5-13-32-20)26-22(28)18-6-4-7-19(14-18)31-3/h4-8,13-14,16-17,21H,9-12,15H2,1-3H3,(H,25,29)(H,26,28)/t21-/m0/s1. The molecule has 3 amide bonds. The van der Waals surface area contributed by atoms with E-state index in [1.165, 1.54) is 7.11 Å². The molecule has 0 saturated carbocycles. The summed E-state index contributed by atoms with van der Waals surface area (Å²) in [4.78, 5) is 40.2. The van der Waals surface area contributed by atoms with E-state index in [2.05, 4.69) is 10.6 Å². The second-order valence-electron chi connectivity index (χ2n) is 8.30. The Hall–Kier alpha value is -3.29. The summed E-state index contributed by atoms with van der Waals surface area (Å²) in [7, 11) is 1.54. The monoisotopic (exact) mass is 441 g/mol. The highest BCUT2D eigenvalue weighted by Crippen LogP contribution is 2.23. The van der Waals surface area contributed by atoms with E-state index in [4.69, 9.17) is 9.15 Å². The van der Waals surface area contributed by atoms with E-state index in [-0.39, 0.29) is 36.1 Å². The molecule has 2 aromatic rings. The van der Waals surface area contributed by atoms with Gasteiger partial charge in [0.1, 0.15) is 17.6 Å². The molecule has 2 heterocycles. The number of benzene rings is 1. The van der Waals surface area contributed by atoms with Crippen LogP contribution in [-0.2, 0) is 16.1 Å². The lowest BCUT2D eigenvalue weighted by Crippen LogP contribution is -2.54. The van der Waals surface area contributed by atoms with Crippen molar-refractivity contribution >= 4 is 17.7 Å². The van der Waals surface area contributed by atoms with Gasteiger partial charge in [-0.3, -0.25) is 14.4 Å². The SMILES string of the molecule is COc1cccc(C(=O)N[C@H](C(=O)NCc2ccco2)C2CCN(C(=O)C(C)C)CC2)c1. The highest BCUT2D eigenvalue weighted by Gasteiger charge is 2.34. The van der Waals surface area contributed by atoms with Crippen molar-refractivity contribution in [3.8, 4) is 5.75 Å². The normalized spacial score (nSPS) is 15.3. The number of likely N-dealkylation sites (tertiary alicyclic amines) is 1. The average Bonchev–Trinajstić information content (AvgIpc) is 3.34. The summed E-state index contributed by atoms with van der Waals surface area (Å²) in [6, 6.07) is 9.61. The fourth-order valence-electron chi connectivity index (χ4n) is 3.90. The molecule has 0 unspecified atom stereocenters. The zero-order chi connectivity index (χ0) is 23.1. The first-order chi connectivity index (χ1) is 15.4. The minimum Gasteiger partial charge on any atom is -0.497 e. The molecule has 3 rings (SSSR count). The van der Waals surface area contributed by atoms with E-state index in [9.17, 15) is 14.4 Å². The summed E-state index contributed by atoms with van der Waals surface area (Å²) < 4.78 is 10.5. The first-order valence-electron chi connectivity index (χ1n) is 10.9. The van der Waals surface area contributed by atoms with E-state index in [1.807, 2.05) is 18.7 Å². The molecule has 8 nitrogen and oxygen atoms in total. The van der Waals surface area contributed by atoms with Gasteiger partial charge in [-0.25, -0.2) is 0 Å². The Labute approximate surface area is 188 Å². The van der Waals surface area contributed by atoms with Gasteiger partial charge in [0.2, 0.25) is 11.8 Å². The largest absolute Gasteiger partial charge is 0.497 e. The van der Waals surface area contributed by atoms with E-state index < -0.39 is 6.04 Å². The summed E-state index contributed by atoms with van der Waals surface area (Å²) in [5.41, 5.74) is 0.417. The minimum absolute atomic E-state index is 0.0632. The van der Waals surface area contributed by atoms with Gasteiger partial charge in [0.25, 0.3) is 5.91 Å². The van der Waals surface area contributed by atoms with Crippen LogP contribution in [0.25, 0.3) is 0 Å². The molecule has 1 aromatic heterocycles. The highest BCUT2D eigenvalue weighted by atomic mass is 16.5. The van der Waals surface area contributed by atoms with Crippen LogP contribution in [0.5, 0.6) is 5.75 Å². The molecule has 1 atom stereocenters. The summed E-state index contributed by atoms with van der Waals surface area (Å²) in [6.07, 6.45) is 2.82. The Morgan fingerprint density at radius 2 is 1.91 bits per heavy atom. The second-order valence-corrected chi connectivity index (χ2v) is 8.30. The van der Waals surface area contributed by atoms with Crippen molar-refractivity contribution in [2.75, 3.05) is 20.2 Å². The van der Waals surface area contributed by atoms with Gasteiger partial charge in [-0.05, 0) is 49.1 Å². The Bertz CT molecular complexity index is 917. The third kappa shape index (κ3) is 5.90. The van der Waals surface area contributed by atoms with Crippen LogP contribution in [0.15, 0.2) is 47.1 Å². The van der Waals surface area contributed by atoms with Gasteiger partial charge in [-0.1, -0.05) is 19.9 Å². The molecule has 0 aliphatic carbocycles. The van der Waals surface area contributed by atoms with Crippen LogP contribution < -0.4 is 15.4 Å². The molecule has 0 radical (unpaired) electrons. The van der Waals surface area contributed by atoms with E-state index in [1.54, 1.807) is 42.7 Å². The third-order valence-electron chi connectivity index (χ3n) is 5.73. The average molecular weight is 442 g/mol. The van der Waals surface area contributed by atoms with Gasteiger partial charge < -0.3 is 24.7 Å². The summed E-state index contributed by atoms with van der Waals surface area (Å²) in [6.45, 7) is 5.14. The summed E-state index contributed by atoms with van der Waals surface area (Å²) in [5, 5.41) is 5.77. The molecule has 32 heavy (non-hydrogen) atoms. The molecule has 1 aromatic carbocycles. The van der Waals surface area contributed by atoms with Crippen molar-refractivity contribution < 1.29 is 23.5 Å². The fourth-order valence-corrected chi connectivity index (χ4v) is 3.90. The van der Waals surface area contributed by atoms with Crippen molar-refractivity contribution in [1.29, 1.82) is 0 Å². The van der Waals surface area contributed by atoms with Crippen LogP contribution in [0.3, 0.4) is 0 Å². The van der Waals surface area contributed by atoms with Gasteiger partial charge in [0.15, 0.2) is 0 Å². The molecule has 2 N–H and O–H groups in total. The Kier molecular flexibility index (Phi) is 7.92. The third-order valence-corrected chi connectivity index (χ3v) is 5.73. The van der Waals surface area contributed by atoms with Gasteiger partial charge in [-0.15, -0.1) is 0 Å². The first-order valence-corrected chi connectivity index (χ1v) is 10.9. The maximum absolute atomic E-state index is 13.1. The zero-order valence-electron chi connectivity index (χ0n) is 18.8. The quantitative estimate of drug-likeness (QED) is 0.656. The molecule has 0 spiro atoms. The number of nitrogens with one attached hydrogen (secondary N) is 2. The molecule has 1 saturated heterocycles. The number of piperidine rings is 1. The number of ether oxygens (including phenoxy) is 1. The molecule has 1 aliphatic rings. The van der Waals surface area contributed by atoms with Gasteiger partial charge in [0.05, 0.1) is 19.9 Å². The molecule has 1 fully saturated rings. The number of hydrogen-bond acceptors (Lipinski definition) is 5.